The van der Waals surface area contributed by atoms with E-state index in [9.17, 15) is 19.2 Å². The number of unbranched alkanes of at least 4 members (excludes halogenated alkanes) is 26. The highest BCUT2D eigenvalue weighted by molar-refractivity contribution is 5.87. The summed E-state index contributed by atoms with van der Waals surface area (Å²) in [6.07, 6.45) is 49.2. The van der Waals surface area contributed by atoms with Crippen LogP contribution in [0.1, 0.15) is 239 Å². The maximum absolute atomic E-state index is 12.8. The Balaban J connectivity index is 4.30. The molecular weight excluding hydrogens is 729 g/mol. The van der Waals surface area contributed by atoms with Crippen molar-refractivity contribution in [1.29, 1.82) is 0 Å². The molecule has 0 aromatic rings. The molecule has 0 saturated carbocycles. The lowest BCUT2D eigenvalue weighted by atomic mass is 10.0. The maximum atomic E-state index is 12.8. The SMILES string of the molecule is CCCCC/C=C\C/C=C\CCCCCCCCCC(=O)OC(CCCCCCCCCCCCCCC)CCCCCCCC(=O)NCC(=O)NC(CO)C(=O)O. The lowest BCUT2D eigenvalue weighted by Gasteiger charge is -2.18. The quantitative estimate of drug-likeness (QED) is 0.0272. The third kappa shape index (κ3) is 40.1. The number of aliphatic hydroxyl groups excluding tert-OH is 1. The van der Waals surface area contributed by atoms with Crippen molar-refractivity contribution in [1.82, 2.24) is 10.6 Å². The number of hydrogen-bond donors (Lipinski definition) is 4. The number of hydrogen-bond acceptors (Lipinski definition) is 6. The molecule has 0 aromatic carbocycles. The van der Waals surface area contributed by atoms with Crippen LogP contribution >= 0.6 is 0 Å². The monoisotopic (exact) mass is 819 g/mol. The Morgan fingerprint density at radius 1 is 0.517 bits per heavy atom. The molecule has 0 spiro atoms. The molecule has 0 radical (unpaired) electrons. The van der Waals surface area contributed by atoms with E-state index in [1.54, 1.807) is 0 Å². The Hall–Kier alpha value is -2.68. The summed E-state index contributed by atoms with van der Waals surface area (Å²) in [6.45, 7) is 3.48. The van der Waals surface area contributed by atoms with Gasteiger partial charge >= 0.3 is 11.9 Å². The van der Waals surface area contributed by atoms with Crippen molar-refractivity contribution in [2.24, 2.45) is 0 Å². The Labute approximate surface area is 355 Å². The molecule has 0 aromatic heterocycles. The van der Waals surface area contributed by atoms with Crippen LogP contribution in [0.3, 0.4) is 0 Å². The van der Waals surface area contributed by atoms with Gasteiger partial charge in [0.2, 0.25) is 11.8 Å². The maximum Gasteiger partial charge on any atom is 0.328 e. The molecule has 0 aliphatic rings. The van der Waals surface area contributed by atoms with Gasteiger partial charge in [0.15, 0.2) is 0 Å². The first-order valence-corrected chi connectivity index (χ1v) is 24.2. The van der Waals surface area contributed by atoms with Gasteiger partial charge in [-0.2, -0.15) is 0 Å². The molecule has 58 heavy (non-hydrogen) atoms. The summed E-state index contributed by atoms with van der Waals surface area (Å²) in [5.74, 6) is -2.28. The Kier molecular flexibility index (Phi) is 41.9. The predicted molar refractivity (Wildman–Crippen MR) is 241 cm³/mol. The topological polar surface area (TPSA) is 142 Å². The van der Waals surface area contributed by atoms with Gasteiger partial charge in [0, 0.05) is 12.8 Å². The first-order chi connectivity index (χ1) is 28.3. The Morgan fingerprint density at radius 3 is 1.41 bits per heavy atom. The van der Waals surface area contributed by atoms with Gasteiger partial charge in [-0.05, 0) is 70.6 Å². The fourth-order valence-corrected chi connectivity index (χ4v) is 7.22. The van der Waals surface area contributed by atoms with Crippen molar-refractivity contribution >= 4 is 23.8 Å². The van der Waals surface area contributed by atoms with E-state index < -0.39 is 24.5 Å². The largest absolute Gasteiger partial charge is 0.480 e. The Bertz CT molecular complexity index is 1030. The van der Waals surface area contributed by atoms with Crippen molar-refractivity contribution in [3.8, 4) is 0 Å². The number of carboxylic acids is 1. The molecule has 0 aliphatic carbocycles. The van der Waals surface area contributed by atoms with E-state index in [2.05, 4.69) is 48.8 Å². The van der Waals surface area contributed by atoms with Gasteiger partial charge in [-0.3, -0.25) is 14.4 Å². The summed E-state index contributed by atoms with van der Waals surface area (Å²) in [4.78, 5) is 47.7. The van der Waals surface area contributed by atoms with Gasteiger partial charge in [0.25, 0.3) is 0 Å². The zero-order valence-electron chi connectivity index (χ0n) is 37.6. The van der Waals surface area contributed by atoms with Crippen LogP contribution in [0.5, 0.6) is 0 Å². The van der Waals surface area contributed by atoms with E-state index >= 15 is 0 Å². The molecule has 9 heteroatoms. The van der Waals surface area contributed by atoms with Crippen molar-refractivity contribution in [3.63, 3.8) is 0 Å². The fraction of sp³-hybridized carbons (Fsp3) is 0.837. The van der Waals surface area contributed by atoms with E-state index in [0.717, 1.165) is 64.2 Å². The Morgan fingerprint density at radius 2 is 0.931 bits per heavy atom. The third-order valence-corrected chi connectivity index (χ3v) is 11.0. The van der Waals surface area contributed by atoms with Crippen LogP contribution in [-0.4, -0.2) is 59.3 Å². The summed E-state index contributed by atoms with van der Waals surface area (Å²) >= 11 is 0. The molecule has 0 rings (SSSR count). The molecule has 2 unspecified atom stereocenters. The molecule has 0 bridgehead atoms. The van der Waals surface area contributed by atoms with Crippen LogP contribution in [-0.2, 0) is 23.9 Å². The molecule has 0 fully saturated rings. The standard InChI is InChI=1S/C49H90N2O7/c1-3-5-7-9-11-13-15-17-18-19-20-22-24-26-28-33-37-41-48(55)58-44(38-34-30-27-25-23-21-16-14-12-10-8-6-4-2)39-35-31-29-32-36-40-46(53)50-42-47(54)51-45(43-52)49(56)57/h11,13,17-18,44-45,52H,3-10,12,14-16,19-43H2,1-2H3,(H,50,53)(H,51,54)(H,56,57)/b13-11-,18-17-. The van der Waals surface area contributed by atoms with Gasteiger partial charge in [0.1, 0.15) is 12.1 Å². The summed E-state index contributed by atoms with van der Waals surface area (Å²) in [5.41, 5.74) is 0. The summed E-state index contributed by atoms with van der Waals surface area (Å²) in [6, 6.07) is -1.38. The van der Waals surface area contributed by atoms with E-state index in [-0.39, 0.29) is 24.5 Å². The average molecular weight is 819 g/mol. The second-order valence-electron chi connectivity index (χ2n) is 16.6. The highest BCUT2D eigenvalue weighted by Crippen LogP contribution is 2.19. The second kappa shape index (κ2) is 43.9. The normalized spacial score (nSPS) is 12.6. The number of esters is 1. The van der Waals surface area contributed by atoms with Crippen LogP contribution < -0.4 is 10.6 Å². The first-order valence-electron chi connectivity index (χ1n) is 24.2. The third-order valence-electron chi connectivity index (χ3n) is 11.0. The second-order valence-corrected chi connectivity index (χ2v) is 16.6. The molecule has 9 nitrogen and oxygen atoms in total. The summed E-state index contributed by atoms with van der Waals surface area (Å²) in [7, 11) is 0. The number of carboxylic acid groups (broad SMARTS) is 1. The molecule has 4 N–H and O–H groups in total. The zero-order valence-corrected chi connectivity index (χ0v) is 37.6. The number of aliphatic carboxylic acids is 1. The van der Waals surface area contributed by atoms with Gasteiger partial charge in [-0.1, -0.05) is 179 Å². The molecule has 2 amide bonds. The smallest absolute Gasteiger partial charge is 0.328 e. The number of rotatable bonds is 44. The van der Waals surface area contributed by atoms with E-state index in [1.807, 2.05) is 0 Å². The van der Waals surface area contributed by atoms with Crippen molar-refractivity contribution in [2.45, 2.75) is 251 Å². The number of nitrogens with one attached hydrogen (secondary N) is 2. The van der Waals surface area contributed by atoms with Crippen LogP contribution in [0.15, 0.2) is 24.3 Å². The van der Waals surface area contributed by atoms with Gasteiger partial charge < -0.3 is 25.6 Å². The highest BCUT2D eigenvalue weighted by Gasteiger charge is 2.19. The molecule has 2 atom stereocenters. The molecular formula is C49H90N2O7. The first kappa shape index (κ1) is 55.3. The van der Waals surface area contributed by atoms with Crippen molar-refractivity contribution in [3.05, 3.63) is 24.3 Å². The van der Waals surface area contributed by atoms with Crippen LogP contribution in [0.2, 0.25) is 0 Å². The molecule has 0 saturated heterocycles. The van der Waals surface area contributed by atoms with Gasteiger partial charge in [-0.15, -0.1) is 0 Å². The number of allylic oxidation sites excluding steroid dienone is 4. The van der Waals surface area contributed by atoms with E-state index in [1.165, 1.54) is 141 Å². The lowest BCUT2D eigenvalue weighted by molar-refractivity contribution is -0.150. The molecule has 338 valence electrons. The van der Waals surface area contributed by atoms with E-state index in [4.69, 9.17) is 14.9 Å². The average Bonchev–Trinajstić information content (AvgIpc) is 3.21. The predicted octanol–water partition coefficient (Wildman–Crippen LogP) is 12.4. The number of amides is 2. The van der Waals surface area contributed by atoms with E-state index in [0.29, 0.717) is 19.3 Å². The minimum atomic E-state index is -1.38. The molecule has 0 aliphatic heterocycles. The number of carbonyl (C=O) groups is 4. The van der Waals surface area contributed by atoms with Crippen LogP contribution in [0, 0.1) is 0 Å². The summed E-state index contributed by atoms with van der Waals surface area (Å²) < 4.78 is 6.05. The lowest BCUT2D eigenvalue weighted by Crippen LogP contribution is -2.47. The minimum absolute atomic E-state index is 0.0143. The van der Waals surface area contributed by atoms with Gasteiger partial charge in [-0.25, -0.2) is 4.79 Å². The van der Waals surface area contributed by atoms with Crippen molar-refractivity contribution in [2.75, 3.05) is 13.2 Å². The number of ether oxygens (including phenoxy) is 1. The number of carbonyl (C=O) groups excluding carboxylic acids is 3. The molecule has 0 heterocycles. The highest BCUT2D eigenvalue weighted by atomic mass is 16.5. The van der Waals surface area contributed by atoms with Gasteiger partial charge in [0.05, 0.1) is 13.2 Å². The minimum Gasteiger partial charge on any atom is -0.480 e. The van der Waals surface area contributed by atoms with Crippen LogP contribution in [0.25, 0.3) is 0 Å². The summed E-state index contributed by atoms with van der Waals surface area (Å²) in [5, 5.41) is 22.6. The fourth-order valence-electron chi connectivity index (χ4n) is 7.22. The van der Waals surface area contributed by atoms with Crippen LogP contribution in [0.4, 0.5) is 0 Å². The zero-order chi connectivity index (χ0) is 42.6. The van der Waals surface area contributed by atoms with Crippen molar-refractivity contribution < 1.29 is 34.1 Å². The number of aliphatic hydroxyl groups is 1.